The second kappa shape index (κ2) is 6.49. The lowest BCUT2D eigenvalue weighted by molar-refractivity contribution is -0.385. The molecule has 0 spiro atoms. The minimum Gasteiger partial charge on any atom is -0.295 e. The number of hydrogen-bond donors (Lipinski definition) is 0. The number of Topliss-reactive ketones (excluding diaryl/α,β-unsaturated/α-hetero) is 1. The van der Waals surface area contributed by atoms with Crippen LogP contribution in [0.15, 0.2) is 47.4 Å². The van der Waals surface area contributed by atoms with Gasteiger partial charge in [0.25, 0.3) is 5.69 Å². The number of nitro benzene ring substituents is 1. The Labute approximate surface area is 125 Å². The molecule has 2 aromatic rings. The number of nitrogens with zero attached hydrogens (tertiary/aromatic N) is 1. The molecule has 0 bridgehead atoms. The molecule has 0 N–H and O–H groups in total. The van der Waals surface area contributed by atoms with Gasteiger partial charge in [0.05, 0.1) is 4.92 Å². The fraction of sp³-hybridized carbons (Fsp3) is 0.133. The third-order valence-corrected chi connectivity index (χ3v) is 3.95. The van der Waals surface area contributed by atoms with Crippen LogP contribution in [0.4, 0.5) is 10.1 Å². The van der Waals surface area contributed by atoms with Crippen LogP contribution in [0.25, 0.3) is 0 Å². The van der Waals surface area contributed by atoms with Crippen LogP contribution in [0.5, 0.6) is 0 Å². The number of carbonyl (C=O) groups is 1. The minimum atomic E-state index is -0.520. The number of thioether (sulfide) groups is 1. The molecule has 0 heterocycles. The molecule has 4 nitrogen and oxygen atoms in total. The number of rotatable bonds is 5. The van der Waals surface area contributed by atoms with Crippen molar-refractivity contribution in [1.82, 2.24) is 0 Å². The van der Waals surface area contributed by atoms with Gasteiger partial charge >= 0.3 is 0 Å². The lowest BCUT2D eigenvalue weighted by Crippen LogP contribution is -1.95. The summed E-state index contributed by atoms with van der Waals surface area (Å²) >= 11 is 1.35. The van der Waals surface area contributed by atoms with Crippen molar-refractivity contribution in [3.63, 3.8) is 0 Å². The minimum absolute atomic E-state index is 0.0210. The van der Waals surface area contributed by atoms with E-state index in [1.54, 1.807) is 24.3 Å². The molecule has 108 valence electrons. The van der Waals surface area contributed by atoms with Crippen molar-refractivity contribution in [2.24, 2.45) is 0 Å². The average molecular weight is 305 g/mol. The first-order chi connectivity index (χ1) is 9.97. The highest BCUT2D eigenvalue weighted by atomic mass is 32.2. The van der Waals surface area contributed by atoms with E-state index in [9.17, 15) is 19.3 Å². The number of ketones is 1. The average Bonchev–Trinajstić information content (AvgIpc) is 2.45. The van der Waals surface area contributed by atoms with E-state index in [2.05, 4.69) is 0 Å². The first-order valence-electron chi connectivity index (χ1n) is 6.14. The Morgan fingerprint density at radius 1 is 1.24 bits per heavy atom. The third-order valence-electron chi connectivity index (χ3n) is 2.89. The van der Waals surface area contributed by atoms with E-state index in [4.69, 9.17) is 0 Å². The van der Waals surface area contributed by atoms with Gasteiger partial charge in [-0.1, -0.05) is 12.1 Å². The predicted octanol–water partition coefficient (Wildman–Crippen LogP) is 4.23. The third kappa shape index (κ3) is 3.88. The molecule has 0 aromatic heterocycles. The molecule has 0 amide bonds. The molecule has 0 saturated heterocycles. The van der Waals surface area contributed by atoms with E-state index in [0.29, 0.717) is 11.1 Å². The Morgan fingerprint density at radius 2 is 1.90 bits per heavy atom. The molecule has 6 heteroatoms. The van der Waals surface area contributed by atoms with Crippen LogP contribution in [-0.2, 0) is 5.75 Å². The monoisotopic (exact) mass is 305 g/mol. The lowest BCUT2D eigenvalue weighted by atomic mass is 10.2. The molecule has 2 rings (SSSR count). The Hall–Kier alpha value is -2.21. The van der Waals surface area contributed by atoms with Gasteiger partial charge in [-0.2, -0.15) is 0 Å². The molecule has 0 unspecified atom stereocenters. The molecule has 2 aromatic carbocycles. The normalized spacial score (nSPS) is 10.4. The van der Waals surface area contributed by atoms with E-state index in [0.717, 1.165) is 11.0 Å². The molecule has 0 aliphatic rings. The summed E-state index contributed by atoms with van der Waals surface area (Å²) in [4.78, 5) is 22.4. The number of hydrogen-bond acceptors (Lipinski definition) is 4. The second-order valence-corrected chi connectivity index (χ2v) is 5.45. The van der Waals surface area contributed by atoms with E-state index in [1.165, 1.54) is 30.8 Å². The fourth-order valence-electron chi connectivity index (χ4n) is 1.79. The number of carbonyl (C=O) groups excluding carboxylic acids is 1. The Kier molecular flexibility index (Phi) is 4.70. The number of halogens is 1. The van der Waals surface area contributed by atoms with E-state index >= 15 is 0 Å². The van der Waals surface area contributed by atoms with Crippen LogP contribution >= 0.6 is 11.8 Å². The fourth-order valence-corrected chi connectivity index (χ4v) is 2.68. The van der Waals surface area contributed by atoms with Gasteiger partial charge in [0, 0.05) is 27.8 Å². The molecule has 0 aliphatic carbocycles. The van der Waals surface area contributed by atoms with Crippen molar-refractivity contribution in [1.29, 1.82) is 0 Å². The summed E-state index contributed by atoms with van der Waals surface area (Å²) in [7, 11) is 0. The van der Waals surface area contributed by atoms with Crippen LogP contribution in [-0.4, -0.2) is 10.7 Å². The molecule has 0 atom stereocenters. The van der Waals surface area contributed by atoms with Crippen molar-refractivity contribution in [3.05, 3.63) is 69.5 Å². The molecule has 0 fully saturated rings. The van der Waals surface area contributed by atoms with Crippen LogP contribution in [0.3, 0.4) is 0 Å². The topological polar surface area (TPSA) is 60.2 Å². The molecule has 21 heavy (non-hydrogen) atoms. The van der Waals surface area contributed by atoms with Gasteiger partial charge in [-0.3, -0.25) is 14.9 Å². The molecular weight excluding hydrogens is 293 g/mol. The van der Waals surface area contributed by atoms with Crippen molar-refractivity contribution < 1.29 is 14.1 Å². The van der Waals surface area contributed by atoms with E-state index in [1.807, 2.05) is 0 Å². The van der Waals surface area contributed by atoms with Crippen LogP contribution in [0.1, 0.15) is 22.8 Å². The summed E-state index contributed by atoms with van der Waals surface area (Å²) in [6.07, 6.45) is 0. The molecule has 0 radical (unpaired) electrons. The zero-order valence-electron chi connectivity index (χ0n) is 11.2. The summed E-state index contributed by atoms with van der Waals surface area (Å²) in [6, 6.07) is 10.4. The predicted molar refractivity (Wildman–Crippen MR) is 79.1 cm³/mol. The smallest absolute Gasteiger partial charge is 0.273 e. The van der Waals surface area contributed by atoms with Gasteiger partial charge in [0.15, 0.2) is 5.78 Å². The highest BCUT2D eigenvalue weighted by Crippen LogP contribution is 2.28. The summed E-state index contributed by atoms with van der Waals surface area (Å²) in [5.74, 6) is -0.233. The maximum atomic E-state index is 13.2. The molecule has 0 saturated carbocycles. The Bertz CT molecular complexity index is 686. The zero-order valence-corrected chi connectivity index (χ0v) is 12.0. The standard InChI is InChI=1S/C15H12FNO3S/c1-10(18)11-2-5-14(6-3-11)21-9-12-8-13(16)4-7-15(12)17(19)20/h2-8H,9H2,1H3. The summed E-state index contributed by atoms with van der Waals surface area (Å²) in [6.45, 7) is 1.48. The maximum absolute atomic E-state index is 13.2. The Morgan fingerprint density at radius 3 is 2.48 bits per heavy atom. The summed E-state index contributed by atoms with van der Waals surface area (Å²) in [5, 5.41) is 10.9. The van der Waals surface area contributed by atoms with Crippen LogP contribution in [0, 0.1) is 15.9 Å². The quantitative estimate of drug-likeness (QED) is 0.359. The second-order valence-electron chi connectivity index (χ2n) is 4.40. The zero-order chi connectivity index (χ0) is 15.4. The highest BCUT2D eigenvalue weighted by Gasteiger charge is 2.14. The number of nitro groups is 1. The first-order valence-corrected chi connectivity index (χ1v) is 7.12. The van der Waals surface area contributed by atoms with Crippen LogP contribution in [0.2, 0.25) is 0 Å². The SMILES string of the molecule is CC(=O)c1ccc(SCc2cc(F)ccc2[N+](=O)[O-])cc1. The molecule has 0 aliphatic heterocycles. The van der Waals surface area contributed by atoms with Crippen molar-refractivity contribution >= 4 is 23.2 Å². The Balaban J connectivity index is 2.14. The summed E-state index contributed by atoms with van der Waals surface area (Å²) in [5.41, 5.74) is 0.848. The summed E-state index contributed by atoms with van der Waals surface area (Å²) < 4.78 is 13.2. The van der Waals surface area contributed by atoms with Gasteiger partial charge in [0.2, 0.25) is 0 Å². The maximum Gasteiger partial charge on any atom is 0.273 e. The molecular formula is C15H12FNO3S. The van der Waals surface area contributed by atoms with Gasteiger partial charge in [0.1, 0.15) is 5.82 Å². The van der Waals surface area contributed by atoms with Crippen molar-refractivity contribution in [2.45, 2.75) is 17.6 Å². The first kappa shape index (κ1) is 15.2. The van der Waals surface area contributed by atoms with Gasteiger partial charge in [-0.05, 0) is 31.2 Å². The largest absolute Gasteiger partial charge is 0.295 e. The highest BCUT2D eigenvalue weighted by molar-refractivity contribution is 7.98. The van der Waals surface area contributed by atoms with Crippen molar-refractivity contribution in [2.75, 3.05) is 0 Å². The van der Waals surface area contributed by atoms with E-state index < -0.39 is 10.7 Å². The lowest BCUT2D eigenvalue weighted by Gasteiger charge is -2.04. The van der Waals surface area contributed by atoms with Crippen LogP contribution < -0.4 is 0 Å². The van der Waals surface area contributed by atoms with Crippen molar-refractivity contribution in [3.8, 4) is 0 Å². The van der Waals surface area contributed by atoms with E-state index in [-0.39, 0.29) is 17.2 Å². The van der Waals surface area contributed by atoms with Gasteiger partial charge < -0.3 is 0 Å². The number of benzene rings is 2. The van der Waals surface area contributed by atoms with Gasteiger partial charge in [-0.25, -0.2) is 4.39 Å². The van der Waals surface area contributed by atoms with Gasteiger partial charge in [-0.15, -0.1) is 11.8 Å².